The maximum Gasteiger partial charge on any atom is 0.294 e. The number of hydrogen-bond acceptors (Lipinski definition) is 5. The number of piperidine rings is 3. The van der Waals surface area contributed by atoms with E-state index in [1.807, 2.05) is 12.1 Å². The fourth-order valence-corrected chi connectivity index (χ4v) is 5.80. The zero-order valence-electron chi connectivity index (χ0n) is 12.7. The van der Waals surface area contributed by atoms with Gasteiger partial charge in [-0.25, -0.2) is 0 Å². The van der Waals surface area contributed by atoms with E-state index >= 15 is 0 Å². The van der Waals surface area contributed by atoms with E-state index < -0.39 is 0 Å². The Hall–Kier alpha value is -0.980. The van der Waals surface area contributed by atoms with Gasteiger partial charge in [0.15, 0.2) is 5.01 Å². The Morgan fingerprint density at radius 1 is 1.13 bits per heavy atom. The lowest BCUT2D eigenvalue weighted by molar-refractivity contribution is -0.0986. The predicted molar refractivity (Wildman–Crippen MR) is 93.6 cm³/mol. The minimum absolute atomic E-state index is 0.339. The molecule has 6 heteroatoms. The van der Waals surface area contributed by atoms with Crippen LogP contribution in [0.15, 0.2) is 28.7 Å². The molecule has 2 atom stereocenters. The highest BCUT2D eigenvalue weighted by molar-refractivity contribution is 9.10. The number of aromatic nitrogens is 2. The first kappa shape index (κ1) is 14.4. The van der Waals surface area contributed by atoms with Crippen molar-refractivity contribution in [2.75, 3.05) is 19.6 Å². The van der Waals surface area contributed by atoms with Crippen LogP contribution in [0.5, 0.6) is 5.19 Å². The molecule has 2 unspecified atom stereocenters. The summed E-state index contributed by atoms with van der Waals surface area (Å²) in [6.07, 6.45) is 3.00. The maximum atomic E-state index is 6.33. The van der Waals surface area contributed by atoms with Crippen LogP contribution < -0.4 is 4.74 Å². The lowest BCUT2D eigenvalue weighted by Crippen LogP contribution is -2.61. The number of ether oxygens (including phenoxy) is 1. The number of benzene rings is 1. The molecule has 23 heavy (non-hydrogen) atoms. The third kappa shape index (κ3) is 2.61. The monoisotopic (exact) mass is 391 g/mol. The van der Waals surface area contributed by atoms with Crippen LogP contribution in [-0.4, -0.2) is 40.8 Å². The molecule has 6 rings (SSSR count). The first-order chi connectivity index (χ1) is 11.2. The van der Waals surface area contributed by atoms with Crippen molar-refractivity contribution in [3.8, 4) is 15.8 Å². The minimum atomic E-state index is 0.339. The van der Waals surface area contributed by atoms with Gasteiger partial charge in [-0.05, 0) is 30.9 Å². The molecule has 1 aliphatic carbocycles. The molecule has 120 valence electrons. The van der Waals surface area contributed by atoms with Gasteiger partial charge in [-0.1, -0.05) is 44.5 Å². The highest BCUT2D eigenvalue weighted by Crippen LogP contribution is 2.45. The van der Waals surface area contributed by atoms with E-state index in [1.54, 1.807) is 11.3 Å². The van der Waals surface area contributed by atoms with Gasteiger partial charge in [0.05, 0.1) is 0 Å². The summed E-state index contributed by atoms with van der Waals surface area (Å²) in [4.78, 5) is 2.62. The molecule has 0 spiro atoms. The second kappa shape index (κ2) is 5.53. The quantitative estimate of drug-likeness (QED) is 0.799. The maximum absolute atomic E-state index is 6.33. The van der Waals surface area contributed by atoms with Crippen molar-refractivity contribution in [2.45, 2.75) is 18.9 Å². The number of halogens is 1. The third-order valence-electron chi connectivity index (χ3n) is 5.42. The summed E-state index contributed by atoms with van der Waals surface area (Å²) in [5, 5.41) is 10.3. The van der Waals surface area contributed by atoms with E-state index in [-0.39, 0.29) is 0 Å². The van der Waals surface area contributed by atoms with Gasteiger partial charge in [-0.3, -0.25) is 0 Å². The minimum Gasteiger partial charge on any atom is -0.465 e. The topological polar surface area (TPSA) is 38.3 Å². The second-order valence-corrected chi connectivity index (χ2v) is 8.90. The summed E-state index contributed by atoms with van der Waals surface area (Å²) in [6.45, 7) is 3.72. The molecule has 3 saturated heterocycles. The van der Waals surface area contributed by atoms with Crippen LogP contribution in [0.3, 0.4) is 0 Å². The van der Waals surface area contributed by atoms with E-state index in [2.05, 4.69) is 43.2 Å². The highest BCUT2D eigenvalue weighted by atomic mass is 79.9. The SMILES string of the molecule is Brc1cccc(-c2nnc(OC3C4CC5CC3CN(C5)C4)s2)c1. The van der Waals surface area contributed by atoms with Crippen molar-refractivity contribution in [3.05, 3.63) is 28.7 Å². The summed E-state index contributed by atoms with van der Waals surface area (Å²) in [6, 6.07) is 8.17. The smallest absolute Gasteiger partial charge is 0.294 e. The van der Waals surface area contributed by atoms with E-state index in [4.69, 9.17) is 4.74 Å². The molecule has 1 aromatic carbocycles. The van der Waals surface area contributed by atoms with Crippen LogP contribution in [0.1, 0.15) is 12.8 Å². The van der Waals surface area contributed by atoms with Gasteiger partial charge in [-0.2, -0.15) is 0 Å². The van der Waals surface area contributed by atoms with Gasteiger partial charge in [-0.15, -0.1) is 5.10 Å². The largest absolute Gasteiger partial charge is 0.465 e. The van der Waals surface area contributed by atoms with Crippen LogP contribution in [0.25, 0.3) is 10.6 Å². The first-order valence-electron chi connectivity index (χ1n) is 8.23. The van der Waals surface area contributed by atoms with Crippen LogP contribution in [0.4, 0.5) is 0 Å². The Kier molecular flexibility index (Phi) is 3.46. The van der Waals surface area contributed by atoms with Gasteiger partial charge < -0.3 is 9.64 Å². The van der Waals surface area contributed by atoms with Gasteiger partial charge in [0.2, 0.25) is 0 Å². The van der Waals surface area contributed by atoms with E-state index in [1.165, 1.54) is 32.5 Å². The summed E-state index contributed by atoms with van der Waals surface area (Å²) in [5.74, 6) is 2.26. The van der Waals surface area contributed by atoms with Crippen LogP contribution in [-0.2, 0) is 0 Å². The molecule has 2 aromatic rings. The van der Waals surface area contributed by atoms with Crippen molar-refractivity contribution < 1.29 is 4.74 Å². The molecule has 4 bridgehead atoms. The molecule has 4 heterocycles. The Morgan fingerprint density at radius 2 is 1.96 bits per heavy atom. The molecule has 1 aromatic heterocycles. The summed E-state index contributed by atoms with van der Waals surface area (Å²) >= 11 is 5.07. The second-order valence-electron chi connectivity index (χ2n) is 7.04. The Morgan fingerprint density at radius 3 is 2.70 bits per heavy atom. The molecule has 0 radical (unpaired) electrons. The van der Waals surface area contributed by atoms with E-state index in [0.29, 0.717) is 17.9 Å². The zero-order valence-corrected chi connectivity index (χ0v) is 15.1. The normalized spacial score (nSPS) is 34.7. The summed E-state index contributed by atoms with van der Waals surface area (Å²) in [5.41, 5.74) is 1.09. The summed E-state index contributed by atoms with van der Waals surface area (Å²) < 4.78 is 7.39. The van der Waals surface area contributed by atoms with Gasteiger partial charge in [0.1, 0.15) is 6.10 Å². The molecule has 3 aliphatic heterocycles. The predicted octanol–water partition coefficient (Wildman–Crippen LogP) is 3.69. The first-order valence-corrected chi connectivity index (χ1v) is 9.84. The van der Waals surface area contributed by atoms with Crippen LogP contribution >= 0.6 is 27.3 Å². The Balaban J connectivity index is 1.36. The third-order valence-corrected chi connectivity index (χ3v) is 6.77. The molecule has 4 aliphatic rings. The van der Waals surface area contributed by atoms with E-state index in [0.717, 1.165) is 26.2 Å². The lowest BCUT2D eigenvalue weighted by atomic mass is 9.66. The molecule has 0 amide bonds. The van der Waals surface area contributed by atoms with Crippen molar-refractivity contribution in [1.29, 1.82) is 0 Å². The van der Waals surface area contributed by atoms with E-state index in [9.17, 15) is 0 Å². The summed E-state index contributed by atoms with van der Waals surface area (Å²) in [7, 11) is 0. The molecule has 4 nitrogen and oxygen atoms in total. The molecular formula is C17H18BrN3OS. The fraction of sp³-hybridized carbons (Fsp3) is 0.529. The average Bonchev–Trinajstić information content (AvgIpc) is 2.99. The van der Waals surface area contributed by atoms with Crippen molar-refractivity contribution in [1.82, 2.24) is 15.1 Å². The molecule has 4 fully saturated rings. The number of nitrogens with zero attached hydrogens (tertiary/aromatic N) is 3. The molecule has 0 N–H and O–H groups in total. The zero-order chi connectivity index (χ0) is 15.4. The average molecular weight is 392 g/mol. The number of rotatable bonds is 3. The van der Waals surface area contributed by atoms with Crippen LogP contribution in [0, 0.1) is 17.8 Å². The van der Waals surface area contributed by atoms with Gasteiger partial charge in [0.25, 0.3) is 5.19 Å². The molecular weight excluding hydrogens is 374 g/mol. The molecule has 1 saturated carbocycles. The Bertz CT molecular complexity index is 706. The standard InChI is InChI=1S/C17H18BrN3OS/c18-14-3-1-2-11(6-14)16-19-20-17(23-16)22-15-12-4-10-5-13(15)9-21(7-10)8-12/h1-3,6,10,12-13,15H,4-5,7-9H2. The van der Waals surface area contributed by atoms with Gasteiger partial charge >= 0.3 is 0 Å². The fourth-order valence-electron chi connectivity index (χ4n) is 4.67. The lowest BCUT2D eigenvalue weighted by Gasteiger charge is -2.54. The highest BCUT2D eigenvalue weighted by Gasteiger charge is 2.49. The van der Waals surface area contributed by atoms with Crippen molar-refractivity contribution in [2.24, 2.45) is 17.8 Å². The Labute approximate surface area is 148 Å². The van der Waals surface area contributed by atoms with Crippen molar-refractivity contribution >= 4 is 27.3 Å². The number of hydrogen-bond donors (Lipinski definition) is 0. The van der Waals surface area contributed by atoms with Gasteiger partial charge in [0, 0.05) is 41.5 Å². The van der Waals surface area contributed by atoms with Crippen molar-refractivity contribution in [3.63, 3.8) is 0 Å². The van der Waals surface area contributed by atoms with Crippen LogP contribution in [0.2, 0.25) is 0 Å².